The highest BCUT2D eigenvalue weighted by Crippen LogP contribution is 2.44. The Balaban J connectivity index is 0.686. The maximum absolute atomic E-state index is 14.2. The van der Waals surface area contributed by atoms with E-state index in [4.69, 9.17) is 16.3 Å². The molecule has 20 nitrogen and oxygen atoms in total. The van der Waals surface area contributed by atoms with E-state index in [1.807, 2.05) is 24.3 Å². The van der Waals surface area contributed by atoms with Crippen molar-refractivity contribution < 1.29 is 42.1 Å². The molecule has 0 spiro atoms. The van der Waals surface area contributed by atoms with Crippen molar-refractivity contribution >= 4 is 84.8 Å². The van der Waals surface area contributed by atoms with Crippen LogP contribution < -0.4 is 25.0 Å². The summed E-state index contributed by atoms with van der Waals surface area (Å²) in [7, 11) is -4.66. The lowest BCUT2D eigenvalue weighted by Gasteiger charge is -2.39. The third-order valence-electron chi connectivity index (χ3n) is 17.1. The highest BCUT2D eigenvalue weighted by atomic mass is 35.5. The number of amides is 5. The number of nitrogens with zero attached hydrogens (tertiary/aromatic N) is 6. The van der Waals surface area contributed by atoms with E-state index in [2.05, 4.69) is 72.9 Å². The molecule has 0 saturated carbocycles. The van der Waals surface area contributed by atoms with Crippen LogP contribution in [0.3, 0.4) is 0 Å². The second-order valence-electron chi connectivity index (χ2n) is 23.5. The van der Waals surface area contributed by atoms with Gasteiger partial charge >= 0.3 is 0 Å². The molecule has 446 valence electrons. The molecule has 22 heteroatoms. The smallest absolute Gasteiger partial charge is 0.293 e. The topological polar surface area (TPSA) is 250 Å². The van der Waals surface area contributed by atoms with Crippen molar-refractivity contribution in [1.29, 1.82) is 0 Å². The molecule has 5 amide bonds. The Morgan fingerprint density at radius 3 is 2.49 bits per heavy atom. The molecule has 6 aromatic rings. The monoisotopic (exact) mass is 1200 g/mol. The predicted molar refractivity (Wildman–Crippen MR) is 326 cm³/mol. The molecule has 0 radical (unpaired) electrons. The van der Waals surface area contributed by atoms with Gasteiger partial charge in [0.2, 0.25) is 17.7 Å². The second-order valence-corrected chi connectivity index (χ2v) is 25.6. The van der Waals surface area contributed by atoms with Gasteiger partial charge in [0.15, 0.2) is 0 Å². The fraction of sp³-hybridized carbons (Fsp3) is 0.375. The second kappa shape index (κ2) is 25.2. The van der Waals surface area contributed by atoms with Crippen LogP contribution in [-0.2, 0) is 31.0 Å². The van der Waals surface area contributed by atoms with Crippen molar-refractivity contribution in [2.24, 2.45) is 11.3 Å². The summed E-state index contributed by atoms with van der Waals surface area (Å²) in [6, 6.07) is 24.8. The van der Waals surface area contributed by atoms with Crippen LogP contribution in [0.1, 0.15) is 115 Å². The molecule has 86 heavy (non-hydrogen) atoms. The standard InChI is InChI=1S/C64H67ClN10O10S/c1-64(2)25-21-45(52(36-64)43-11-13-46(65)14-12-43)39-71-29-31-72(32-30-71)47-15-17-51(57(34-47)85-48-33-44-22-26-66-60(44)68-38-48)61(78)70-86(83,84)49-16-18-54(56(35-49)75(81)82)67-37-41-23-27-73(28-24-41)59(77)10-5-3-4-7-42-8-6-9-50-53(42)40-74(63(50)80)55-19-20-58(76)69-62(55)79/h6,8-9,11-18,22,26,33-35,38,41,55,67H,3,5,10,19-21,23-25,27-32,36-37,39-40H2,1-2H3,(H,66,68)(H,70,78)(H,69,76,79). The molecule has 11 rings (SSSR count). The number of piperazine rings is 1. The Morgan fingerprint density at radius 1 is 0.930 bits per heavy atom. The molecule has 2 aromatic heterocycles. The van der Waals surface area contributed by atoms with Crippen molar-refractivity contribution in [3.05, 3.63) is 152 Å². The molecule has 0 bridgehead atoms. The Labute approximate surface area is 503 Å². The number of hydrogen-bond donors (Lipinski definition) is 4. The van der Waals surface area contributed by atoms with Crippen LogP contribution in [0.25, 0.3) is 16.6 Å². The van der Waals surface area contributed by atoms with Crippen molar-refractivity contribution in [2.75, 3.05) is 62.6 Å². The van der Waals surface area contributed by atoms with Gasteiger partial charge in [-0.2, -0.15) is 0 Å². The van der Waals surface area contributed by atoms with E-state index >= 15 is 0 Å². The van der Waals surface area contributed by atoms with Crippen LogP contribution in [0.4, 0.5) is 17.1 Å². The minimum absolute atomic E-state index is 0.00118. The summed E-state index contributed by atoms with van der Waals surface area (Å²) in [5, 5.41) is 19.4. The van der Waals surface area contributed by atoms with E-state index in [-0.39, 0.29) is 65.4 Å². The Morgan fingerprint density at radius 2 is 1.72 bits per heavy atom. The number of rotatable bonds is 17. The molecule has 3 fully saturated rings. The van der Waals surface area contributed by atoms with Gasteiger partial charge in [0, 0.05) is 124 Å². The number of carbonyl (C=O) groups excluding carboxylic acids is 5. The zero-order valence-electron chi connectivity index (χ0n) is 48.0. The highest BCUT2D eigenvalue weighted by Gasteiger charge is 2.40. The van der Waals surface area contributed by atoms with E-state index in [1.165, 1.54) is 46.0 Å². The molecule has 1 aliphatic carbocycles. The number of aromatic nitrogens is 2. The number of pyridine rings is 1. The summed E-state index contributed by atoms with van der Waals surface area (Å²) in [6.45, 7) is 10.0. The van der Waals surface area contributed by atoms with Crippen molar-refractivity contribution in [3.8, 4) is 23.3 Å². The number of piperidine rings is 2. The summed E-state index contributed by atoms with van der Waals surface area (Å²) in [5.74, 6) is 4.68. The molecular formula is C64H67ClN10O10S. The molecule has 4 aromatic carbocycles. The minimum atomic E-state index is -4.66. The van der Waals surface area contributed by atoms with Crippen LogP contribution in [0, 0.1) is 33.3 Å². The summed E-state index contributed by atoms with van der Waals surface area (Å²) in [4.78, 5) is 91.5. The molecule has 1 atom stereocenters. The van der Waals surface area contributed by atoms with Crippen LogP contribution in [-0.4, -0.2) is 126 Å². The number of unbranched alkanes of at least 4 members (excludes halogenated alkanes) is 1. The molecule has 3 saturated heterocycles. The number of benzene rings is 4. The Hall–Kier alpha value is -8.58. The molecule has 5 aliphatic rings. The van der Waals surface area contributed by atoms with Gasteiger partial charge in [-0.3, -0.25) is 44.3 Å². The summed E-state index contributed by atoms with van der Waals surface area (Å²) < 4.78 is 36.4. The van der Waals surface area contributed by atoms with Crippen LogP contribution in [0.5, 0.6) is 11.5 Å². The largest absolute Gasteiger partial charge is 0.455 e. The van der Waals surface area contributed by atoms with E-state index in [0.717, 1.165) is 61.6 Å². The maximum Gasteiger partial charge on any atom is 0.293 e. The minimum Gasteiger partial charge on any atom is -0.455 e. The Bertz CT molecular complexity index is 3880. The summed E-state index contributed by atoms with van der Waals surface area (Å²) in [5.41, 5.74) is 7.11. The zero-order chi connectivity index (χ0) is 60.3. The molecule has 6 heterocycles. The van der Waals surface area contributed by atoms with E-state index in [1.54, 1.807) is 41.4 Å². The first kappa shape index (κ1) is 59.2. The number of carbonyl (C=O) groups is 5. The number of hydrogen-bond acceptors (Lipinski definition) is 14. The number of ether oxygens (including phenoxy) is 1. The fourth-order valence-corrected chi connectivity index (χ4v) is 13.3. The highest BCUT2D eigenvalue weighted by molar-refractivity contribution is 7.90. The number of aromatic amines is 1. The van der Waals surface area contributed by atoms with Gasteiger partial charge in [0.05, 0.1) is 21.6 Å². The lowest BCUT2D eigenvalue weighted by atomic mass is 9.72. The number of nitro groups is 1. The van der Waals surface area contributed by atoms with Gasteiger partial charge in [0.25, 0.3) is 27.5 Å². The maximum atomic E-state index is 14.2. The number of likely N-dealkylation sites (tertiary alicyclic amines) is 1. The molecule has 4 aliphatic heterocycles. The van der Waals surface area contributed by atoms with Crippen molar-refractivity contribution in [2.45, 2.75) is 95.5 Å². The van der Waals surface area contributed by atoms with Crippen LogP contribution in [0.2, 0.25) is 5.02 Å². The summed E-state index contributed by atoms with van der Waals surface area (Å²) in [6.07, 6.45) is 9.38. The van der Waals surface area contributed by atoms with Gasteiger partial charge in [-0.25, -0.2) is 18.1 Å². The first-order valence-corrected chi connectivity index (χ1v) is 31.0. The number of H-pyrrole nitrogens is 1. The van der Waals surface area contributed by atoms with Crippen molar-refractivity contribution in [1.82, 2.24) is 34.7 Å². The number of anilines is 2. The van der Waals surface area contributed by atoms with Gasteiger partial charge < -0.3 is 29.7 Å². The van der Waals surface area contributed by atoms with E-state index in [9.17, 15) is 42.5 Å². The third-order valence-corrected chi connectivity index (χ3v) is 18.7. The van der Waals surface area contributed by atoms with Gasteiger partial charge in [0.1, 0.15) is 28.9 Å². The number of fused-ring (bicyclic) bond motifs is 2. The first-order valence-electron chi connectivity index (χ1n) is 29.2. The SMILES string of the molecule is CC1(C)CCC(CN2CCN(c3ccc(C(=O)NS(=O)(=O)c4ccc(NCC5CCN(C(=O)CCCC#Cc6cccc7c6CN(C6CCC(=O)NC6=O)C7=O)CC5)c([N+](=O)[O-])c4)c(Oc4cnc5[nH]ccc5c4)c3)CC2)=C(c2ccc(Cl)cc2)C1. The average Bonchev–Trinajstić information content (AvgIpc) is 3.04. The van der Waals surface area contributed by atoms with Gasteiger partial charge in [-0.15, -0.1) is 0 Å². The van der Waals surface area contributed by atoms with Crippen LogP contribution >= 0.6 is 11.6 Å². The zero-order valence-corrected chi connectivity index (χ0v) is 49.5. The quantitative estimate of drug-likeness (QED) is 0.0218. The number of allylic oxidation sites excluding steroid dienone is 1. The normalized spacial score (nSPS) is 18.3. The fourth-order valence-electron chi connectivity index (χ4n) is 12.2. The molecular weight excluding hydrogens is 1140 g/mol. The average molecular weight is 1200 g/mol. The molecule has 4 N–H and O–H groups in total. The van der Waals surface area contributed by atoms with Gasteiger partial charge in [-0.1, -0.05) is 61.1 Å². The van der Waals surface area contributed by atoms with Crippen molar-refractivity contribution in [3.63, 3.8) is 0 Å². The van der Waals surface area contributed by atoms with Crippen LogP contribution in [0.15, 0.2) is 114 Å². The Kier molecular flexibility index (Phi) is 17.3. The van der Waals surface area contributed by atoms with E-state index in [0.29, 0.717) is 92.4 Å². The number of sulfonamides is 1. The number of nitro benzene ring substituents is 1. The van der Waals surface area contributed by atoms with E-state index < -0.39 is 43.4 Å². The molecule has 1 unspecified atom stereocenters. The third kappa shape index (κ3) is 13.4. The predicted octanol–water partition coefficient (Wildman–Crippen LogP) is 9.45. The lowest BCUT2D eigenvalue weighted by Crippen LogP contribution is -2.52. The van der Waals surface area contributed by atoms with Gasteiger partial charge in [-0.05, 0) is 134 Å². The number of imide groups is 1. The number of nitrogens with one attached hydrogen (secondary N) is 4. The lowest BCUT2D eigenvalue weighted by molar-refractivity contribution is -0.384. The first-order chi connectivity index (χ1) is 41.3. The number of halogens is 1. The summed E-state index contributed by atoms with van der Waals surface area (Å²) >= 11 is 6.27.